The van der Waals surface area contributed by atoms with Crippen LogP contribution in [0.5, 0.6) is 0 Å². The van der Waals surface area contributed by atoms with Gasteiger partial charge in [0.1, 0.15) is 5.78 Å². The molecule has 0 bridgehead atoms. The third-order valence-electron chi connectivity index (χ3n) is 2.17. The molecule has 0 saturated heterocycles. The predicted molar refractivity (Wildman–Crippen MR) is 64.8 cm³/mol. The van der Waals surface area contributed by atoms with E-state index < -0.39 is 5.97 Å². The minimum Gasteiger partial charge on any atom is -0.465 e. The Balaban J connectivity index is 3.15. The number of esters is 1. The largest absolute Gasteiger partial charge is 0.465 e. The van der Waals surface area contributed by atoms with Gasteiger partial charge in [0.05, 0.1) is 12.7 Å². The van der Waals surface area contributed by atoms with Crippen molar-refractivity contribution >= 4 is 27.7 Å². The minimum absolute atomic E-state index is 0.0249. The van der Waals surface area contributed by atoms with Crippen molar-refractivity contribution in [1.82, 2.24) is 0 Å². The summed E-state index contributed by atoms with van der Waals surface area (Å²) in [6.07, 6.45) is 0.255. The van der Waals surface area contributed by atoms with E-state index in [0.717, 1.165) is 11.1 Å². The van der Waals surface area contributed by atoms with Crippen molar-refractivity contribution in [3.63, 3.8) is 0 Å². The van der Waals surface area contributed by atoms with Gasteiger partial charge >= 0.3 is 5.97 Å². The lowest BCUT2D eigenvalue weighted by molar-refractivity contribution is -0.116. The molecule has 0 heterocycles. The lowest BCUT2D eigenvalue weighted by Gasteiger charge is -2.08. The number of halogens is 1. The van der Waals surface area contributed by atoms with Crippen molar-refractivity contribution in [3.05, 3.63) is 34.9 Å². The minimum atomic E-state index is -0.405. The fraction of sp³-hybridized carbons (Fsp3) is 0.333. The van der Waals surface area contributed by atoms with Crippen LogP contribution in [0.4, 0.5) is 0 Å². The highest BCUT2D eigenvalue weighted by Gasteiger charge is 2.13. The number of Topliss-reactive ketones (excluding diaryl/α,β-unsaturated/α-hetero) is 1. The molecule has 0 N–H and O–H groups in total. The Morgan fingerprint density at radius 3 is 2.56 bits per heavy atom. The second-order valence-corrected chi connectivity index (χ2v) is 4.06. The molecule has 0 aromatic heterocycles. The molecule has 0 radical (unpaired) electrons. The van der Waals surface area contributed by atoms with Gasteiger partial charge in [-0.1, -0.05) is 28.1 Å². The third-order valence-corrected chi connectivity index (χ3v) is 2.82. The number of benzene rings is 1. The van der Waals surface area contributed by atoms with E-state index in [2.05, 4.69) is 20.7 Å². The summed E-state index contributed by atoms with van der Waals surface area (Å²) in [7, 11) is 1.33. The van der Waals surface area contributed by atoms with Crippen LogP contribution < -0.4 is 0 Å². The monoisotopic (exact) mass is 284 g/mol. The number of rotatable bonds is 4. The first-order chi connectivity index (χ1) is 7.58. The van der Waals surface area contributed by atoms with Gasteiger partial charge in [-0.3, -0.25) is 4.79 Å². The Bertz CT molecular complexity index is 413. The molecule has 86 valence electrons. The van der Waals surface area contributed by atoms with Crippen molar-refractivity contribution in [3.8, 4) is 0 Å². The predicted octanol–water partition coefficient (Wildman–Crippen LogP) is 2.50. The van der Waals surface area contributed by atoms with E-state index in [9.17, 15) is 9.59 Å². The van der Waals surface area contributed by atoms with Crippen LogP contribution in [0.25, 0.3) is 0 Å². The van der Waals surface area contributed by atoms with Gasteiger partial charge in [0.25, 0.3) is 0 Å². The molecule has 0 atom stereocenters. The van der Waals surface area contributed by atoms with Crippen LogP contribution in [0.15, 0.2) is 18.2 Å². The molecule has 1 aromatic rings. The first kappa shape index (κ1) is 12.9. The molecule has 4 heteroatoms. The zero-order valence-electron chi connectivity index (χ0n) is 9.25. The highest BCUT2D eigenvalue weighted by atomic mass is 79.9. The summed E-state index contributed by atoms with van der Waals surface area (Å²) in [6, 6.07) is 5.38. The summed E-state index contributed by atoms with van der Waals surface area (Å²) in [5.74, 6) is -0.380. The van der Waals surface area contributed by atoms with E-state index in [1.165, 1.54) is 14.0 Å². The molecule has 0 aliphatic carbocycles. The fourth-order valence-electron chi connectivity index (χ4n) is 1.45. The second kappa shape index (κ2) is 5.80. The average Bonchev–Trinajstić information content (AvgIpc) is 2.27. The van der Waals surface area contributed by atoms with Crippen molar-refractivity contribution < 1.29 is 14.3 Å². The van der Waals surface area contributed by atoms with Crippen LogP contribution >= 0.6 is 15.9 Å². The SMILES string of the molecule is COC(=O)c1ccc(CBr)cc1CC(C)=O. The molecular weight excluding hydrogens is 272 g/mol. The summed E-state index contributed by atoms with van der Waals surface area (Å²) in [4.78, 5) is 22.6. The maximum absolute atomic E-state index is 11.5. The number of ketones is 1. The van der Waals surface area contributed by atoms with E-state index in [1.54, 1.807) is 6.07 Å². The maximum Gasteiger partial charge on any atom is 0.338 e. The number of hydrogen-bond acceptors (Lipinski definition) is 3. The number of carbonyl (C=O) groups is 2. The third kappa shape index (κ3) is 3.17. The lowest BCUT2D eigenvalue weighted by Crippen LogP contribution is -2.09. The Kier molecular flexibility index (Phi) is 4.68. The number of hydrogen-bond donors (Lipinski definition) is 0. The molecule has 1 aromatic carbocycles. The zero-order valence-corrected chi connectivity index (χ0v) is 10.8. The summed E-state index contributed by atoms with van der Waals surface area (Å²) in [6.45, 7) is 1.50. The van der Waals surface area contributed by atoms with Crippen molar-refractivity contribution in [1.29, 1.82) is 0 Å². The normalized spacial score (nSPS) is 9.94. The Morgan fingerprint density at radius 2 is 2.06 bits per heavy atom. The smallest absolute Gasteiger partial charge is 0.338 e. The quantitative estimate of drug-likeness (QED) is 0.630. The van der Waals surface area contributed by atoms with Gasteiger partial charge in [0, 0.05) is 11.8 Å². The first-order valence-corrected chi connectivity index (χ1v) is 5.96. The molecular formula is C12H13BrO3. The van der Waals surface area contributed by atoms with Crippen molar-refractivity contribution in [2.75, 3.05) is 7.11 Å². The average molecular weight is 285 g/mol. The molecule has 16 heavy (non-hydrogen) atoms. The Morgan fingerprint density at radius 1 is 1.38 bits per heavy atom. The molecule has 0 aliphatic heterocycles. The van der Waals surface area contributed by atoms with Crippen LogP contribution in [0.1, 0.15) is 28.4 Å². The van der Waals surface area contributed by atoms with E-state index in [0.29, 0.717) is 10.9 Å². The number of ether oxygens (including phenoxy) is 1. The van der Waals surface area contributed by atoms with Gasteiger partial charge in [0.2, 0.25) is 0 Å². The van der Waals surface area contributed by atoms with Gasteiger partial charge in [-0.25, -0.2) is 4.79 Å². The van der Waals surface area contributed by atoms with Gasteiger partial charge in [-0.2, -0.15) is 0 Å². The molecule has 0 amide bonds. The maximum atomic E-state index is 11.5. The van der Waals surface area contributed by atoms with Crippen LogP contribution in [-0.4, -0.2) is 18.9 Å². The Hall–Kier alpha value is -1.16. The summed E-state index contributed by atoms with van der Waals surface area (Å²) in [5, 5.41) is 0.694. The van der Waals surface area contributed by atoms with Crippen LogP contribution in [0, 0.1) is 0 Å². The van der Waals surface area contributed by atoms with E-state index in [1.807, 2.05) is 12.1 Å². The highest BCUT2D eigenvalue weighted by molar-refractivity contribution is 9.08. The van der Waals surface area contributed by atoms with Gasteiger partial charge in [0.15, 0.2) is 0 Å². The van der Waals surface area contributed by atoms with Gasteiger partial charge in [-0.05, 0) is 24.1 Å². The lowest BCUT2D eigenvalue weighted by atomic mass is 10.0. The number of alkyl halides is 1. The van der Waals surface area contributed by atoms with E-state index in [-0.39, 0.29) is 12.2 Å². The van der Waals surface area contributed by atoms with Crippen LogP contribution in [0.2, 0.25) is 0 Å². The van der Waals surface area contributed by atoms with Crippen LogP contribution in [0.3, 0.4) is 0 Å². The molecule has 0 saturated carbocycles. The zero-order chi connectivity index (χ0) is 12.1. The molecule has 1 rings (SSSR count). The molecule has 0 fully saturated rings. The standard InChI is InChI=1S/C12H13BrO3/c1-8(14)5-10-6-9(7-13)3-4-11(10)12(15)16-2/h3-4,6H,5,7H2,1-2H3. The van der Waals surface area contributed by atoms with E-state index >= 15 is 0 Å². The van der Waals surface area contributed by atoms with Gasteiger partial charge in [-0.15, -0.1) is 0 Å². The topological polar surface area (TPSA) is 43.4 Å². The second-order valence-electron chi connectivity index (χ2n) is 3.50. The number of methoxy groups -OCH3 is 1. The van der Waals surface area contributed by atoms with Crippen molar-refractivity contribution in [2.24, 2.45) is 0 Å². The molecule has 0 spiro atoms. The number of carbonyl (C=O) groups excluding carboxylic acids is 2. The van der Waals surface area contributed by atoms with E-state index in [4.69, 9.17) is 0 Å². The molecule has 0 unspecified atom stereocenters. The molecule has 3 nitrogen and oxygen atoms in total. The first-order valence-electron chi connectivity index (χ1n) is 4.84. The fourth-order valence-corrected chi connectivity index (χ4v) is 1.80. The van der Waals surface area contributed by atoms with Crippen LogP contribution in [-0.2, 0) is 21.3 Å². The summed E-state index contributed by atoms with van der Waals surface area (Å²) in [5.41, 5.74) is 2.21. The highest BCUT2D eigenvalue weighted by Crippen LogP contribution is 2.16. The summed E-state index contributed by atoms with van der Waals surface area (Å²) >= 11 is 3.34. The Labute approximate surface area is 103 Å². The summed E-state index contributed by atoms with van der Waals surface area (Å²) < 4.78 is 4.67. The van der Waals surface area contributed by atoms with Gasteiger partial charge < -0.3 is 4.74 Å². The van der Waals surface area contributed by atoms with Crippen molar-refractivity contribution in [2.45, 2.75) is 18.7 Å². The molecule has 0 aliphatic rings.